The van der Waals surface area contributed by atoms with Crippen molar-refractivity contribution in [2.75, 3.05) is 6.54 Å². The van der Waals surface area contributed by atoms with E-state index in [0.717, 1.165) is 31.1 Å². The second-order valence-corrected chi connectivity index (χ2v) is 13.1. The number of carbonyl (C=O) groups is 1. The van der Waals surface area contributed by atoms with Crippen LogP contribution in [-0.4, -0.2) is 12.5 Å². The molecule has 34 heavy (non-hydrogen) atoms. The molecule has 2 aliphatic rings. The van der Waals surface area contributed by atoms with Crippen molar-refractivity contribution in [2.24, 2.45) is 17.3 Å². The van der Waals surface area contributed by atoms with Gasteiger partial charge < -0.3 is 9.73 Å². The number of amides is 1. The van der Waals surface area contributed by atoms with Crippen LogP contribution in [0.4, 0.5) is 0 Å². The second kappa shape index (κ2) is 8.88. The van der Waals surface area contributed by atoms with E-state index in [4.69, 9.17) is 4.42 Å². The third-order valence-corrected chi connectivity index (χ3v) is 8.90. The van der Waals surface area contributed by atoms with Crippen molar-refractivity contribution in [1.29, 1.82) is 0 Å². The fourth-order valence-electron chi connectivity index (χ4n) is 6.18. The van der Waals surface area contributed by atoms with Gasteiger partial charge in [-0.2, -0.15) is 0 Å². The number of aryl methyl sites for hydroxylation is 1. The summed E-state index contributed by atoms with van der Waals surface area (Å²) in [6.45, 7) is 19.3. The van der Waals surface area contributed by atoms with E-state index in [1.54, 1.807) is 0 Å². The molecule has 2 unspecified atom stereocenters. The molecular weight excluding hydrogens is 418 g/mol. The van der Waals surface area contributed by atoms with Gasteiger partial charge in [-0.05, 0) is 95.1 Å². The number of nitrogens with one attached hydrogen (secondary N) is 1. The van der Waals surface area contributed by atoms with E-state index in [-0.39, 0.29) is 16.7 Å². The molecule has 4 rings (SSSR count). The Bertz CT molecular complexity index is 1060. The average Bonchev–Trinajstić information content (AvgIpc) is 3.16. The van der Waals surface area contributed by atoms with Gasteiger partial charge >= 0.3 is 0 Å². The first-order valence-electron chi connectivity index (χ1n) is 13.4. The Balaban J connectivity index is 1.45. The molecule has 0 spiro atoms. The van der Waals surface area contributed by atoms with E-state index in [1.807, 2.05) is 12.1 Å². The quantitative estimate of drug-likeness (QED) is 0.435. The summed E-state index contributed by atoms with van der Waals surface area (Å²) in [4.78, 5) is 12.8. The van der Waals surface area contributed by atoms with Gasteiger partial charge in [-0.15, -0.1) is 0 Å². The van der Waals surface area contributed by atoms with Crippen LogP contribution in [0.3, 0.4) is 0 Å². The monoisotopic (exact) mass is 463 g/mol. The van der Waals surface area contributed by atoms with Crippen molar-refractivity contribution in [3.05, 3.63) is 58.0 Å². The molecule has 2 aromatic rings. The molecule has 3 nitrogen and oxygen atoms in total. The summed E-state index contributed by atoms with van der Waals surface area (Å²) in [5.74, 6) is 2.48. The van der Waals surface area contributed by atoms with Gasteiger partial charge in [0.2, 0.25) is 0 Å². The molecular formula is C31H45NO2. The van der Waals surface area contributed by atoms with E-state index in [9.17, 15) is 4.79 Å². The molecule has 1 N–H and O–H groups in total. The van der Waals surface area contributed by atoms with Crippen LogP contribution in [0, 0.1) is 24.2 Å². The predicted octanol–water partition coefficient (Wildman–Crippen LogP) is 7.72. The van der Waals surface area contributed by atoms with Gasteiger partial charge in [0.25, 0.3) is 5.91 Å². The molecule has 1 aromatic carbocycles. The Morgan fingerprint density at radius 2 is 1.68 bits per heavy atom. The summed E-state index contributed by atoms with van der Waals surface area (Å²) in [7, 11) is 0. The van der Waals surface area contributed by atoms with Crippen LogP contribution in [-0.2, 0) is 17.3 Å². The van der Waals surface area contributed by atoms with Gasteiger partial charge in [0.1, 0.15) is 5.76 Å². The summed E-state index contributed by atoms with van der Waals surface area (Å²) < 4.78 is 6.04. The maximum Gasteiger partial charge on any atom is 0.287 e. The highest BCUT2D eigenvalue weighted by molar-refractivity contribution is 5.91. The van der Waals surface area contributed by atoms with Crippen molar-refractivity contribution in [3.63, 3.8) is 0 Å². The van der Waals surface area contributed by atoms with Crippen LogP contribution in [0.5, 0.6) is 0 Å². The van der Waals surface area contributed by atoms with Gasteiger partial charge in [-0.1, -0.05) is 67.0 Å². The third kappa shape index (κ3) is 4.99. The lowest BCUT2D eigenvalue weighted by molar-refractivity contribution is 0.0913. The highest BCUT2D eigenvalue weighted by atomic mass is 16.3. The molecule has 2 atom stereocenters. The van der Waals surface area contributed by atoms with E-state index < -0.39 is 0 Å². The highest BCUT2D eigenvalue weighted by Gasteiger charge is 2.49. The standard InChI is InChI=1S/C31H45NO2/c1-9-10-21(26-18-31(26,7)8)19-32-28(33)27-12-11-23(34-27)16-22-17-25-24(15-20(22)2)29(3,4)13-14-30(25,5)6/h11-12,15,17,21,26H,9-10,13-14,16,18-19H2,1-8H3,(H,32,33). The van der Waals surface area contributed by atoms with Crippen LogP contribution in [0.15, 0.2) is 28.7 Å². The van der Waals surface area contributed by atoms with Crippen LogP contribution in [0.1, 0.15) is 119 Å². The van der Waals surface area contributed by atoms with Gasteiger partial charge in [0.05, 0.1) is 0 Å². The molecule has 3 heteroatoms. The van der Waals surface area contributed by atoms with Gasteiger partial charge in [0, 0.05) is 13.0 Å². The van der Waals surface area contributed by atoms with Crippen LogP contribution >= 0.6 is 0 Å². The Kier molecular flexibility index (Phi) is 6.55. The minimum atomic E-state index is -0.0872. The third-order valence-electron chi connectivity index (χ3n) is 8.90. The zero-order chi connectivity index (χ0) is 24.9. The molecule has 0 bridgehead atoms. The number of fused-ring (bicyclic) bond motifs is 1. The number of carbonyl (C=O) groups excluding carboxylic acids is 1. The number of benzene rings is 1. The summed E-state index contributed by atoms with van der Waals surface area (Å²) in [5, 5.41) is 3.16. The summed E-state index contributed by atoms with van der Waals surface area (Å²) in [5.41, 5.74) is 6.40. The zero-order valence-corrected chi connectivity index (χ0v) is 22.7. The Hall–Kier alpha value is -2.03. The lowest BCUT2D eigenvalue weighted by atomic mass is 9.62. The molecule has 1 aromatic heterocycles. The smallest absolute Gasteiger partial charge is 0.287 e. The van der Waals surface area contributed by atoms with Crippen molar-refractivity contribution in [1.82, 2.24) is 5.32 Å². The lowest BCUT2D eigenvalue weighted by Gasteiger charge is -2.42. The van der Waals surface area contributed by atoms with Gasteiger partial charge in [0.15, 0.2) is 5.76 Å². The Labute approximate surface area is 207 Å². The normalized spacial score (nSPS) is 22.6. The van der Waals surface area contributed by atoms with E-state index in [2.05, 4.69) is 72.8 Å². The van der Waals surface area contributed by atoms with Gasteiger partial charge in [-0.3, -0.25) is 4.79 Å². The predicted molar refractivity (Wildman–Crippen MR) is 141 cm³/mol. The first kappa shape index (κ1) is 25.1. The molecule has 0 radical (unpaired) electrons. The second-order valence-electron chi connectivity index (χ2n) is 13.1. The SMILES string of the molecule is CCCC(CNC(=O)c1ccc(Cc2cc3c(cc2C)C(C)(C)CCC3(C)C)o1)C1CC1(C)C. The first-order valence-corrected chi connectivity index (χ1v) is 13.4. The van der Waals surface area contributed by atoms with Crippen LogP contribution in [0.2, 0.25) is 0 Å². The highest BCUT2D eigenvalue weighted by Crippen LogP contribution is 2.56. The molecule has 0 aliphatic heterocycles. The number of rotatable bonds is 8. The van der Waals surface area contributed by atoms with Crippen molar-refractivity contribution in [3.8, 4) is 0 Å². The molecule has 1 amide bonds. The fraction of sp³-hybridized carbons (Fsp3) is 0.645. The average molecular weight is 464 g/mol. The molecule has 2 aliphatic carbocycles. The molecule has 1 heterocycles. The minimum Gasteiger partial charge on any atom is -0.456 e. The van der Waals surface area contributed by atoms with Crippen LogP contribution < -0.4 is 5.32 Å². The fourth-order valence-corrected chi connectivity index (χ4v) is 6.18. The van der Waals surface area contributed by atoms with Crippen molar-refractivity contribution in [2.45, 2.75) is 105 Å². The van der Waals surface area contributed by atoms with Crippen molar-refractivity contribution < 1.29 is 9.21 Å². The Morgan fingerprint density at radius 3 is 2.26 bits per heavy atom. The van der Waals surface area contributed by atoms with E-state index in [1.165, 1.54) is 47.9 Å². The van der Waals surface area contributed by atoms with E-state index in [0.29, 0.717) is 17.1 Å². The molecule has 1 fully saturated rings. The maximum atomic E-state index is 12.8. The first-order chi connectivity index (χ1) is 15.8. The topological polar surface area (TPSA) is 42.2 Å². The zero-order valence-electron chi connectivity index (χ0n) is 22.7. The van der Waals surface area contributed by atoms with Gasteiger partial charge in [-0.25, -0.2) is 0 Å². The summed E-state index contributed by atoms with van der Waals surface area (Å²) in [6.07, 6.45) is 6.75. The summed E-state index contributed by atoms with van der Waals surface area (Å²) in [6, 6.07) is 8.60. The number of hydrogen-bond acceptors (Lipinski definition) is 2. The maximum absolute atomic E-state index is 12.8. The molecule has 1 saturated carbocycles. The van der Waals surface area contributed by atoms with Crippen molar-refractivity contribution >= 4 is 5.91 Å². The lowest BCUT2D eigenvalue weighted by Crippen LogP contribution is -2.34. The Morgan fingerprint density at radius 1 is 1.06 bits per heavy atom. The molecule has 186 valence electrons. The van der Waals surface area contributed by atoms with Crippen LogP contribution in [0.25, 0.3) is 0 Å². The van der Waals surface area contributed by atoms with E-state index >= 15 is 0 Å². The molecule has 0 saturated heterocycles. The largest absolute Gasteiger partial charge is 0.456 e. The number of furan rings is 1. The summed E-state index contributed by atoms with van der Waals surface area (Å²) >= 11 is 0. The minimum absolute atomic E-state index is 0.0872. The number of hydrogen-bond donors (Lipinski definition) is 1.